The van der Waals surface area contributed by atoms with Crippen LogP contribution in [0.25, 0.3) is 22.9 Å². The Labute approximate surface area is 288 Å². The summed E-state index contributed by atoms with van der Waals surface area (Å²) in [5, 5.41) is 7.83. The molecule has 49 heavy (non-hydrogen) atoms. The van der Waals surface area contributed by atoms with E-state index in [0.717, 1.165) is 17.0 Å². The molecule has 5 atom stereocenters. The first-order chi connectivity index (χ1) is 24.0. The van der Waals surface area contributed by atoms with E-state index in [9.17, 15) is 0 Å². The lowest BCUT2D eigenvalue weighted by atomic mass is 9.65. The van der Waals surface area contributed by atoms with Gasteiger partial charge in [-0.15, -0.1) is 0 Å². The monoisotopic (exact) mass is 637 g/mol. The van der Waals surface area contributed by atoms with Crippen LogP contribution in [0.2, 0.25) is 0 Å². The van der Waals surface area contributed by atoms with E-state index in [1.165, 1.54) is 44.6 Å². The van der Waals surface area contributed by atoms with Gasteiger partial charge in [0, 0.05) is 29.6 Å². The molecule has 0 aromatic heterocycles. The highest BCUT2D eigenvalue weighted by Gasteiger charge is 2.42. The predicted octanol–water partition coefficient (Wildman–Crippen LogP) is 9.80. The Kier molecular flexibility index (Phi) is 7.14. The van der Waals surface area contributed by atoms with E-state index in [1.807, 2.05) is 0 Å². The van der Waals surface area contributed by atoms with Crippen molar-refractivity contribution in [2.75, 3.05) is 11.9 Å². The molecule has 240 valence electrons. The number of benzene rings is 5. The highest BCUT2D eigenvalue weighted by atomic mass is 16.5. The number of ether oxygens (including phenoxy) is 1. The van der Waals surface area contributed by atoms with Crippen LogP contribution in [0.3, 0.4) is 0 Å². The molecule has 2 aliphatic carbocycles. The van der Waals surface area contributed by atoms with E-state index in [-0.39, 0.29) is 29.8 Å². The maximum absolute atomic E-state index is 6.58. The van der Waals surface area contributed by atoms with E-state index in [2.05, 4.69) is 193 Å². The summed E-state index contributed by atoms with van der Waals surface area (Å²) in [6, 6.07) is 45.1. The second-order valence-electron chi connectivity index (χ2n) is 13.7. The molecule has 0 amide bonds. The zero-order valence-corrected chi connectivity index (χ0v) is 27.8. The normalized spacial score (nSPS) is 24.9. The molecule has 4 nitrogen and oxygen atoms in total. The second kappa shape index (κ2) is 11.8. The van der Waals surface area contributed by atoms with Gasteiger partial charge in [-0.3, -0.25) is 5.32 Å². The summed E-state index contributed by atoms with van der Waals surface area (Å²) in [5.74, 6) is 1.13. The van der Waals surface area contributed by atoms with Crippen molar-refractivity contribution in [3.8, 4) is 16.9 Å². The molecule has 2 aliphatic heterocycles. The molecule has 2 N–H and O–H groups in total. The third kappa shape index (κ3) is 5.20. The summed E-state index contributed by atoms with van der Waals surface area (Å²) in [6.07, 6.45) is 14.0. The first kappa shape index (κ1) is 29.6. The number of hydrogen-bond acceptors (Lipinski definition) is 4. The molecule has 5 aromatic rings. The predicted molar refractivity (Wildman–Crippen MR) is 201 cm³/mol. The lowest BCUT2D eigenvalue weighted by Crippen LogP contribution is -2.48. The summed E-state index contributed by atoms with van der Waals surface area (Å²) in [4.78, 5) is 2.31. The van der Waals surface area contributed by atoms with Gasteiger partial charge in [0.05, 0.1) is 11.7 Å². The van der Waals surface area contributed by atoms with Crippen molar-refractivity contribution >= 4 is 17.5 Å². The molecule has 0 bridgehead atoms. The minimum Gasteiger partial charge on any atom is -0.464 e. The van der Waals surface area contributed by atoms with Crippen molar-refractivity contribution in [2.45, 2.75) is 31.3 Å². The smallest absolute Gasteiger partial charge is 0.198 e. The number of allylic oxidation sites excluding steroid dienone is 3. The lowest BCUT2D eigenvalue weighted by Gasteiger charge is -2.42. The number of fused-ring (bicyclic) bond motifs is 5. The molecule has 2 heterocycles. The fourth-order valence-corrected chi connectivity index (χ4v) is 8.03. The fourth-order valence-electron chi connectivity index (χ4n) is 8.03. The zero-order valence-electron chi connectivity index (χ0n) is 27.8. The van der Waals surface area contributed by atoms with Crippen LogP contribution in [-0.2, 0) is 0 Å². The maximum Gasteiger partial charge on any atom is 0.198 e. The Morgan fingerprint density at radius 2 is 1.41 bits per heavy atom. The van der Waals surface area contributed by atoms with Crippen molar-refractivity contribution in [3.63, 3.8) is 0 Å². The van der Waals surface area contributed by atoms with Gasteiger partial charge in [0.25, 0.3) is 0 Å². The van der Waals surface area contributed by atoms with Crippen LogP contribution in [0.15, 0.2) is 163 Å². The summed E-state index contributed by atoms with van der Waals surface area (Å²) >= 11 is 0. The van der Waals surface area contributed by atoms with E-state index < -0.39 is 0 Å². The highest BCUT2D eigenvalue weighted by Crippen LogP contribution is 2.56. The lowest BCUT2D eigenvalue weighted by molar-refractivity contribution is 0.235. The van der Waals surface area contributed by atoms with Gasteiger partial charge in [-0.05, 0) is 57.2 Å². The Morgan fingerprint density at radius 3 is 2.18 bits per heavy atom. The first-order valence-electron chi connectivity index (χ1n) is 17.2. The Bertz CT molecular complexity index is 2150. The van der Waals surface area contributed by atoms with Crippen LogP contribution in [0.4, 0.5) is 5.69 Å². The Balaban J connectivity index is 1.06. The van der Waals surface area contributed by atoms with E-state index in [4.69, 9.17) is 4.74 Å². The maximum atomic E-state index is 6.58. The van der Waals surface area contributed by atoms with Crippen molar-refractivity contribution in [2.24, 2.45) is 5.41 Å². The summed E-state index contributed by atoms with van der Waals surface area (Å²) < 4.78 is 6.58. The minimum atomic E-state index is -0.210. The van der Waals surface area contributed by atoms with Gasteiger partial charge in [0.1, 0.15) is 11.9 Å². The zero-order chi connectivity index (χ0) is 33.0. The second-order valence-corrected chi connectivity index (χ2v) is 13.7. The van der Waals surface area contributed by atoms with Crippen molar-refractivity contribution in [1.29, 1.82) is 0 Å². The van der Waals surface area contributed by atoms with Crippen LogP contribution in [-0.4, -0.2) is 13.2 Å². The summed E-state index contributed by atoms with van der Waals surface area (Å²) in [7, 11) is 2.16. The molecule has 0 saturated carbocycles. The van der Waals surface area contributed by atoms with Gasteiger partial charge in [-0.25, -0.2) is 0 Å². The Hall–Kier alpha value is -5.58. The third-order valence-corrected chi connectivity index (χ3v) is 10.6. The first-order valence-corrected chi connectivity index (χ1v) is 17.2. The van der Waals surface area contributed by atoms with E-state index >= 15 is 0 Å². The van der Waals surface area contributed by atoms with E-state index in [0.29, 0.717) is 0 Å². The van der Waals surface area contributed by atoms with Crippen molar-refractivity contribution in [3.05, 3.63) is 191 Å². The molecular formula is C45H39N3O. The van der Waals surface area contributed by atoms with Gasteiger partial charge in [0.2, 0.25) is 0 Å². The number of nitrogens with zero attached hydrogens (tertiary/aromatic N) is 1. The minimum absolute atomic E-state index is 0.0246. The van der Waals surface area contributed by atoms with Crippen molar-refractivity contribution < 1.29 is 4.74 Å². The van der Waals surface area contributed by atoms with Gasteiger partial charge in [-0.1, -0.05) is 153 Å². The molecule has 0 fully saturated rings. The largest absolute Gasteiger partial charge is 0.464 e. The third-order valence-electron chi connectivity index (χ3n) is 10.6. The molecule has 4 aliphatic rings. The van der Waals surface area contributed by atoms with Crippen LogP contribution in [0, 0.1) is 5.41 Å². The number of hydrogen-bond donors (Lipinski definition) is 2. The number of anilines is 1. The molecule has 0 saturated heterocycles. The fraction of sp³-hybridized carbons (Fsp3) is 0.156. The number of rotatable bonds is 5. The molecule has 0 spiro atoms. The highest BCUT2D eigenvalue weighted by molar-refractivity contribution is 5.78. The number of nitrogens with one attached hydrogen (secondary N) is 2. The topological polar surface area (TPSA) is 36.5 Å². The van der Waals surface area contributed by atoms with Crippen LogP contribution in [0.5, 0.6) is 5.75 Å². The van der Waals surface area contributed by atoms with Crippen LogP contribution in [0.1, 0.15) is 52.9 Å². The van der Waals surface area contributed by atoms with Gasteiger partial charge in [0.15, 0.2) is 6.23 Å². The average Bonchev–Trinajstić information content (AvgIpc) is 3.51. The van der Waals surface area contributed by atoms with Crippen molar-refractivity contribution in [1.82, 2.24) is 10.6 Å². The van der Waals surface area contributed by atoms with E-state index in [1.54, 1.807) is 0 Å². The van der Waals surface area contributed by atoms with Gasteiger partial charge in [-0.2, -0.15) is 0 Å². The average molecular weight is 638 g/mol. The summed E-state index contributed by atoms with van der Waals surface area (Å²) in [5.41, 5.74) is 12.0. The van der Waals surface area contributed by atoms with Gasteiger partial charge < -0.3 is 15.0 Å². The molecule has 9 rings (SSSR count). The molecule has 5 aromatic carbocycles. The molecule has 0 radical (unpaired) electrons. The summed E-state index contributed by atoms with van der Waals surface area (Å²) in [6.45, 7) is 2.36. The SMILES string of the molecule is CN1c2c(ccc3c2C2C=CC(C4NC(c5ccccc5)=CC(c5cccc(-c6ccccc6)c5)N4)=CC2(C)C=C3)OC1c1ccccc1. The molecule has 5 unspecified atom stereocenters. The van der Waals surface area contributed by atoms with Crippen LogP contribution < -0.4 is 20.3 Å². The molecule has 4 heteroatoms. The Morgan fingerprint density at radius 1 is 0.714 bits per heavy atom. The standard InChI is InChI=1S/C45H39N3O/c1-45-26-25-32-22-24-40-42(48(2)44(49-40)33-17-10-5-11-18-33)41(32)37(45)23-21-36(29-45)43-46-38(31-15-8-4-9-16-31)28-39(47-43)35-20-12-19-34(27-35)30-13-6-3-7-14-30/h3-29,37,39,43-44,46-47H,1-2H3. The van der Waals surface area contributed by atoms with Crippen LogP contribution >= 0.6 is 0 Å². The molecular weight excluding hydrogens is 599 g/mol. The van der Waals surface area contributed by atoms with Gasteiger partial charge >= 0.3 is 0 Å². The quantitative estimate of drug-likeness (QED) is 0.201.